The molecule has 7 heteroatoms. The van der Waals surface area contributed by atoms with Gasteiger partial charge < -0.3 is 5.32 Å². The first kappa shape index (κ1) is 20.1. The molecule has 1 rings (SSSR count). The van der Waals surface area contributed by atoms with Crippen LogP contribution in [-0.4, -0.2) is 41.6 Å². The number of nitrogens with one attached hydrogen (secondary N) is 2. The molecule has 0 aliphatic heterocycles. The van der Waals surface area contributed by atoms with Crippen LogP contribution in [0.1, 0.15) is 59.3 Å². The van der Waals surface area contributed by atoms with E-state index < -0.39 is 17.7 Å². The zero-order valence-electron chi connectivity index (χ0n) is 15.1. The van der Waals surface area contributed by atoms with Gasteiger partial charge >= 0.3 is 5.91 Å². The highest BCUT2D eigenvalue weighted by molar-refractivity contribution is 6.38. The average Bonchev–Trinajstić information content (AvgIpc) is 2.53. The van der Waals surface area contributed by atoms with Crippen LogP contribution in [0.5, 0.6) is 0 Å². The van der Waals surface area contributed by atoms with E-state index in [9.17, 15) is 19.2 Å². The molecule has 0 saturated heterocycles. The molecule has 1 aliphatic rings. The fraction of sp³-hybridized carbons (Fsp3) is 0.765. The number of nitrogens with zero attached hydrogens (tertiary/aromatic N) is 1. The molecule has 136 valence electrons. The lowest BCUT2D eigenvalue weighted by Crippen LogP contribution is -2.53. The van der Waals surface area contributed by atoms with E-state index in [1.54, 1.807) is 0 Å². The van der Waals surface area contributed by atoms with E-state index >= 15 is 0 Å². The first-order chi connectivity index (χ1) is 11.2. The van der Waals surface area contributed by atoms with Gasteiger partial charge in [-0.3, -0.25) is 29.6 Å². The minimum atomic E-state index is -0.887. The molecule has 0 aromatic rings. The highest BCUT2D eigenvalue weighted by Crippen LogP contribution is 2.24. The number of carbonyl (C=O) groups excluding carboxylic acids is 4. The lowest BCUT2D eigenvalue weighted by Gasteiger charge is -2.25. The van der Waals surface area contributed by atoms with Crippen LogP contribution in [0.4, 0.5) is 0 Å². The van der Waals surface area contributed by atoms with Crippen molar-refractivity contribution < 1.29 is 19.2 Å². The van der Waals surface area contributed by atoms with Gasteiger partial charge in [-0.15, -0.1) is 0 Å². The fourth-order valence-corrected chi connectivity index (χ4v) is 2.80. The summed E-state index contributed by atoms with van der Waals surface area (Å²) in [5.74, 6) is -2.08. The smallest absolute Gasteiger partial charge is 0.308 e. The van der Waals surface area contributed by atoms with Crippen LogP contribution in [0, 0.1) is 11.8 Å². The monoisotopic (exact) mass is 339 g/mol. The number of hydrazine groups is 1. The number of amides is 3. The molecule has 1 atom stereocenters. The van der Waals surface area contributed by atoms with E-state index in [1.165, 1.54) is 14.0 Å². The molecule has 0 spiro atoms. The minimum absolute atomic E-state index is 0.0795. The number of ketones is 1. The van der Waals surface area contributed by atoms with Crippen LogP contribution < -0.4 is 10.7 Å². The van der Waals surface area contributed by atoms with Gasteiger partial charge in [0, 0.05) is 19.9 Å². The summed E-state index contributed by atoms with van der Waals surface area (Å²) < 4.78 is 0. The van der Waals surface area contributed by atoms with Crippen molar-refractivity contribution >= 4 is 23.5 Å². The second-order valence-electron chi connectivity index (χ2n) is 6.91. The molecule has 1 saturated carbocycles. The third kappa shape index (κ3) is 6.29. The number of hydrogen-bond donors (Lipinski definition) is 2. The number of rotatable bonds is 6. The first-order valence-electron chi connectivity index (χ1n) is 8.61. The van der Waals surface area contributed by atoms with Gasteiger partial charge in [0.05, 0.1) is 6.04 Å². The average molecular weight is 339 g/mol. The molecule has 3 amide bonds. The van der Waals surface area contributed by atoms with Crippen LogP contribution in [0.2, 0.25) is 0 Å². The first-order valence-corrected chi connectivity index (χ1v) is 8.61. The van der Waals surface area contributed by atoms with Crippen LogP contribution in [-0.2, 0) is 19.2 Å². The molecule has 7 nitrogen and oxygen atoms in total. The zero-order valence-corrected chi connectivity index (χ0v) is 15.1. The molecule has 0 aromatic heterocycles. The van der Waals surface area contributed by atoms with E-state index in [4.69, 9.17) is 0 Å². The van der Waals surface area contributed by atoms with E-state index in [2.05, 4.69) is 10.7 Å². The molecule has 1 aliphatic carbocycles. The largest absolute Gasteiger partial charge is 0.345 e. The Morgan fingerprint density at radius 3 is 2.17 bits per heavy atom. The van der Waals surface area contributed by atoms with E-state index in [-0.39, 0.29) is 23.7 Å². The third-order valence-corrected chi connectivity index (χ3v) is 4.28. The maximum atomic E-state index is 12.4. The molecule has 2 N–H and O–H groups in total. The van der Waals surface area contributed by atoms with Crippen LogP contribution in [0.3, 0.4) is 0 Å². The summed E-state index contributed by atoms with van der Waals surface area (Å²) in [6.07, 6.45) is 5.21. The predicted molar refractivity (Wildman–Crippen MR) is 89.6 cm³/mol. The maximum absolute atomic E-state index is 12.4. The molecular weight excluding hydrogens is 310 g/mol. The fourth-order valence-electron chi connectivity index (χ4n) is 2.80. The molecule has 0 radical (unpaired) electrons. The molecule has 0 aromatic carbocycles. The third-order valence-electron chi connectivity index (χ3n) is 4.28. The van der Waals surface area contributed by atoms with Crippen molar-refractivity contribution in [2.75, 3.05) is 7.05 Å². The van der Waals surface area contributed by atoms with Gasteiger partial charge in [0.1, 0.15) is 0 Å². The summed E-state index contributed by atoms with van der Waals surface area (Å²) in [5.41, 5.74) is 2.23. The van der Waals surface area contributed by atoms with E-state index in [0.717, 1.165) is 37.1 Å². The van der Waals surface area contributed by atoms with Crippen molar-refractivity contribution in [1.82, 2.24) is 15.8 Å². The quantitative estimate of drug-likeness (QED) is 0.561. The topological polar surface area (TPSA) is 95.6 Å². The Hall–Kier alpha value is -1.92. The number of Topliss-reactive ketones (excluding diaryl/α,β-unsaturated/α-hetero) is 1. The lowest BCUT2D eigenvalue weighted by atomic mass is 9.88. The van der Waals surface area contributed by atoms with Gasteiger partial charge in [-0.05, 0) is 25.2 Å². The predicted octanol–water partition coefficient (Wildman–Crippen LogP) is 1.18. The Bertz CT molecular complexity index is 484. The minimum Gasteiger partial charge on any atom is -0.345 e. The number of hydrogen-bond acceptors (Lipinski definition) is 4. The van der Waals surface area contributed by atoms with Crippen molar-refractivity contribution in [3.05, 3.63) is 0 Å². The molecule has 0 bridgehead atoms. The molecule has 24 heavy (non-hydrogen) atoms. The van der Waals surface area contributed by atoms with Gasteiger partial charge in [0.25, 0.3) is 0 Å². The normalized spacial score (nSPS) is 16.4. The summed E-state index contributed by atoms with van der Waals surface area (Å²) in [7, 11) is 1.37. The summed E-state index contributed by atoms with van der Waals surface area (Å²) >= 11 is 0. The SMILES string of the molecule is CC(=O)N(C)NC(=O)C(=O)C(CC(C)C)NC(=O)C1CCCCC1. The highest BCUT2D eigenvalue weighted by atomic mass is 16.2. The van der Waals surface area contributed by atoms with Gasteiger partial charge in [-0.25, -0.2) is 0 Å². The van der Waals surface area contributed by atoms with E-state index in [0.29, 0.717) is 6.42 Å². The van der Waals surface area contributed by atoms with Crippen molar-refractivity contribution in [1.29, 1.82) is 0 Å². The van der Waals surface area contributed by atoms with Gasteiger partial charge in [0.2, 0.25) is 17.6 Å². The lowest BCUT2D eigenvalue weighted by molar-refractivity contribution is -0.146. The summed E-state index contributed by atoms with van der Waals surface area (Å²) in [6, 6.07) is -0.861. The Balaban J connectivity index is 2.72. The van der Waals surface area contributed by atoms with Gasteiger partial charge in [0.15, 0.2) is 0 Å². The molecular formula is C17H29N3O4. The Morgan fingerprint density at radius 1 is 1.08 bits per heavy atom. The summed E-state index contributed by atoms with van der Waals surface area (Å²) in [5, 5.41) is 3.70. The standard InChI is InChI=1S/C17H29N3O4/c1-11(2)10-14(15(22)17(24)19-20(4)12(3)21)18-16(23)13-8-6-5-7-9-13/h11,13-14H,5-10H2,1-4H3,(H,18,23)(H,19,24). The second-order valence-corrected chi connectivity index (χ2v) is 6.91. The second kappa shape index (κ2) is 9.39. The van der Waals surface area contributed by atoms with Gasteiger partial charge in [-0.1, -0.05) is 33.1 Å². The van der Waals surface area contributed by atoms with E-state index in [1.807, 2.05) is 13.8 Å². The van der Waals surface area contributed by atoms with Crippen molar-refractivity contribution in [2.24, 2.45) is 11.8 Å². The van der Waals surface area contributed by atoms with Gasteiger partial charge in [-0.2, -0.15) is 0 Å². The summed E-state index contributed by atoms with van der Waals surface area (Å²) in [6.45, 7) is 5.13. The van der Waals surface area contributed by atoms with Crippen molar-refractivity contribution in [3.63, 3.8) is 0 Å². The van der Waals surface area contributed by atoms with Crippen LogP contribution in [0.25, 0.3) is 0 Å². The summed E-state index contributed by atoms with van der Waals surface area (Å²) in [4.78, 5) is 48.0. The molecule has 1 unspecified atom stereocenters. The Labute approximate surface area is 143 Å². The molecule has 1 fully saturated rings. The number of carbonyl (C=O) groups is 4. The highest BCUT2D eigenvalue weighted by Gasteiger charge is 2.31. The Kier molecular flexibility index (Phi) is 7.88. The van der Waals surface area contributed by atoms with Crippen LogP contribution in [0.15, 0.2) is 0 Å². The Morgan fingerprint density at radius 2 is 1.67 bits per heavy atom. The van der Waals surface area contributed by atoms with Crippen molar-refractivity contribution in [2.45, 2.75) is 65.3 Å². The maximum Gasteiger partial charge on any atom is 0.308 e. The van der Waals surface area contributed by atoms with Crippen LogP contribution >= 0.6 is 0 Å². The zero-order chi connectivity index (χ0) is 18.3. The molecule has 0 heterocycles. The van der Waals surface area contributed by atoms with Crippen molar-refractivity contribution in [3.8, 4) is 0 Å².